The molecule has 0 amide bonds. The molecule has 6 aromatic heterocycles. The lowest BCUT2D eigenvalue weighted by Crippen LogP contribution is -2.00. The molecule has 0 saturated carbocycles. The summed E-state index contributed by atoms with van der Waals surface area (Å²) in [5, 5.41) is 9.37. The van der Waals surface area contributed by atoms with Crippen molar-refractivity contribution in [2.45, 2.75) is 0 Å². The molecule has 9 nitrogen and oxygen atoms in total. The zero-order chi connectivity index (χ0) is 82.0. The highest BCUT2D eigenvalue weighted by molar-refractivity contribution is 7.26. The first-order valence-corrected chi connectivity index (χ1v) is 42.5. The van der Waals surface area contributed by atoms with Crippen LogP contribution in [0.15, 0.2) is 441 Å². The number of rotatable bonds is 14. The van der Waals surface area contributed by atoms with Crippen LogP contribution in [0, 0.1) is 0 Å². The zero-order valence-corrected chi connectivity index (χ0v) is 67.8. The third-order valence-electron chi connectivity index (χ3n) is 23.7. The van der Waals surface area contributed by atoms with Crippen LogP contribution in [-0.4, -0.2) is 39.0 Å². The second-order valence-electron chi connectivity index (χ2n) is 31.2. The average Bonchev–Trinajstić information content (AvgIpc) is 1.57. The Bertz CT molecular complexity index is 7560. The number of hydrogen-bond donors (Lipinski definition) is 0. The fourth-order valence-electron chi connectivity index (χ4n) is 17.8. The van der Waals surface area contributed by atoms with E-state index in [1.165, 1.54) is 36.9 Å². The number of thiophene rings is 1. The number of aromatic nitrogens is 8. The molecule has 6 heterocycles. The van der Waals surface area contributed by atoms with Crippen molar-refractivity contribution in [1.29, 1.82) is 0 Å². The van der Waals surface area contributed by atoms with Crippen LogP contribution < -0.4 is 0 Å². The molecule has 0 N–H and O–H groups in total. The van der Waals surface area contributed by atoms with Crippen LogP contribution >= 0.6 is 11.3 Å². The Balaban J connectivity index is 0.000000143. The summed E-state index contributed by atoms with van der Waals surface area (Å²) in [4.78, 5) is 30.4. The van der Waals surface area contributed by atoms with E-state index in [9.17, 15) is 0 Å². The minimum Gasteiger partial charge on any atom is -0.455 e. The molecule has 18 aromatic carbocycles. The lowest BCUT2D eigenvalue weighted by molar-refractivity contribution is 0.670. The number of benzene rings is 18. The van der Waals surface area contributed by atoms with Gasteiger partial charge in [0.05, 0.1) is 22.1 Å². The van der Waals surface area contributed by atoms with E-state index < -0.39 is 0 Å². The van der Waals surface area contributed by atoms with Crippen molar-refractivity contribution in [2.24, 2.45) is 0 Å². The highest BCUT2D eigenvalue weighted by Crippen LogP contribution is 2.48. The molecule has 0 spiro atoms. The van der Waals surface area contributed by atoms with Gasteiger partial charge in [-0.3, -0.25) is 0 Å². The minimum atomic E-state index is 0.618. The van der Waals surface area contributed by atoms with Gasteiger partial charge in [-0.25, -0.2) is 29.9 Å². The molecule has 124 heavy (non-hydrogen) atoms. The van der Waals surface area contributed by atoms with E-state index in [-0.39, 0.29) is 0 Å². The van der Waals surface area contributed by atoms with E-state index >= 15 is 0 Å². The van der Waals surface area contributed by atoms with Crippen LogP contribution in [0.5, 0.6) is 0 Å². The van der Waals surface area contributed by atoms with Crippen molar-refractivity contribution in [2.75, 3.05) is 0 Å². The highest BCUT2D eigenvalue weighted by Gasteiger charge is 2.26. The third-order valence-corrected chi connectivity index (χ3v) is 24.9. The van der Waals surface area contributed by atoms with E-state index in [1.54, 1.807) is 0 Å². The molecular formula is C114H72N8OS. The summed E-state index contributed by atoms with van der Waals surface area (Å²) < 4.78 is 13.9. The first kappa shape index (κ1) is 72.8. The van der Waals surface area contributed by atoms with Gasteiger partial charge in [-0.2, -0.15) is 0 Å². The molecule has 24 rings (SSSR count). The smallest absolute Gasteiger partial charge is 0.164 e. The maximum atomic E-state index is 6.46. The number of hydrogen-bond acceptors (Lipinski definition) is 8. The topological polar surface area (TPSA) is 100 Å². The molecule has 0 bridgehead atoms. The quantitative estimate of drug-likeness (QED) is 0.107. The third kappa shape index (κ3) is 13.2. The standard InChI is InChI=1S/C57H36N4O.C57H36N4S/c2*1-5-16-37(17-6-1)43-35-48(38-18-7-2-8-19-38)53-50(36-43)49-34-42(57-59-55(40-20-9-3-10-21-40)58-56(60-57)41-22-11-4-12-23-41)30-33-51(49)61(53)44-31-28-39(29-32-44)45-25-15-26-47-46-24-13-14-27-52(46)62-54(45)47/h2*1-36H. The van der Waals surface area contributed by atoms with Gasteiger partial charge in [-0.1, -0.05) is 340 Å². The van der Waals surface area contributed by atoms with Gasteiger partial charge < -0.3 is 13.6 Å². The average molecular weight is 1600 g/mol. The van der Waals surface area contributed by atoms with Gasteiger partial charge in [0.1, 0.15) is 11.2 Å². The molecule has 10 heteroatoms. The number of nitrogens with zero attached hydrogens (tertiary/aromatic N) is 8. The number of furan rings is 1. The largest absolute Gasteiger partial charge is 0.455 e. The maximum Gasteiger partial charge on any atom is 0.164 e. The molecule has 0 fully saturated rings. The molecular weight excluding hydrogens is 1530 g/mol. The summed E-state index contributed by atoms with van der Waals surface area (Å²) in [5.74, 6) is 3.79. The second kappa shape index (κ2) is 31.1. The van der Waals surface area contributed by atoms with Crippen LogP contribution in [0.1, 0.15) is 0 Å². The highest BCUT2D eigenvalue weighted by atomic mass is 32.1. The van der Waals surface area contributed by atoms with Gasteiger partial charge in [0, 0.05) is 114 Å². The fraction of sp³-hybridized carbons (Fsp3) is 0. The summed E-state index contributed by atoms with van der Waals surface area (Å²) in [6.45, 7) is 0. The van der Waals surface area contributed by atoms with Gasteiger partial charge in [-0.15, -0.1) is 11.3 Å². The molecule has 0 atom stereocenters. The lowest BCUT2D eigenvalue weighted by Gasteiger charge is -2.14. The monoisotopic (exact) mass is 1600 g/mol. The Morgan fingerprint density at radius 1 is 0.194 bits per heavy atom. The second-order valence-corrected chi connectivity index (χ2v) is 32.2. The Morgan fingerprint density at radius 3 is 0.935 bits per heavy atom. The Hall–Kier alpha value is -16.4. The molecule has 0 aliphatic carbocycles. The predicted molar refractivity (Wildman–Crippen MR) is 514 cm³/mol. The van der Waals surface area contributed by atoms with Crippen molar-refractivity contribution in [3.05, 3.63) is 437 Å². The molecule has 0 saturated heterocycles. The summed E-state index contributed by atoms with van der Waals surface area (Å²) in [5.41, 5.74) is 27.8. The van der Waals surface area contributed by atoms with Gasteiger partial charge in [0.25, 0.3) is 0 Å². The van der Waals surface area contributed by atoms with Crippen LogP contribution in [0.4, 0.5) is 0 Å². The summed E-state index contributed by atoms with van der Waals surface area (Å²) in [6.07, 6.45) is 0. The first-order chi connectivity index (χ1) is 61.5. The Kier molecular flexibility index (Phi) is 18.2. The molecule has 0 unspecified atom stereocenters. The van der Waals surface area contributed by atoms with Crippen molar-refractivity contribution < 1.29 is 4.42 Å². The van der Waals surface area contributed by atoms with Gasteiger partial charge in [-0.05, 0) is 147 Å². The summed E-state index contributed by atoms with van der Waals surface area (Å²) in [7, 11) is 0. The van der Waals surface area contributed by atoms with E-state index in [0.29, 0.717) is 34.9 Å². The van der Waals surface area contributed by atoms with E-state index in [4.69, 9.17) is 34.3 Å². The Morgan fingerprint density at radius 2 is 0.508 bits per heavy atom. The van der Waals surface area contributed by atoms with E-state index in [0.717, 1.165) is 160 Å². The van der Waals surface area contributed by atoms with Crippen LogP contribution in [-0.2, 0) is 0 Å². The molecule has 0 radical (unpaired) electrons. The van der Waals surface area contributed by atoms with Gasteiger partial charge >= 0.3 is 0 Å². The van der Waals surface area contributed by atoms with Gasteiger partial charge in [0.15, 0.2) is 34.9 Å². The van der Waals surface area contributed by atoms with E-state index in [1.807, 2.05) is 121 Å². The number of fused-ring (bicyclic) bond motifs is 12. The van der Waals surface area contributed by atoms with Crippen LogP contribution in [0.2, 0.25) is 0 Å². The van der Waals surface area contributed by atoms with Crippen molar-refractivity contribution in [1.82, 2.24) is 39.0 Å². The maximum absolute atomic E-state index is 6.46. The predicted octanol–water partition coefficient (Wildman–Crippen LogP) is 30.2. The normalized spacial score (nSPS) is 11.5. The zero-order valence-electron chi connectivity index (χ0n) is 67.0. The van der Waals surface area contributed by atoms with Gasteiger partial charge in [0.2, 0.25) is 0 Å². The van der Waals surface area contributed by atoms with Crippen molar-refractivity contribution in [3.8, 4) is 146 Å². The lowest BCUT2D eigenvalue weighted by atomic mass is 9.95. The van der Waals surface area contributed by atoms with Crippen molar-refractivity contribution >= 4 is 97.1 Å². The SMILES string of the molecule is c1ccc(-c2cc(-c3ccccc3)c3c(c2)c2cc(-c4nc(-c5ccccc5)nc(-c5ccccc5)n4)ccc2n3-c2ccc(-c3cccc4c3oc3ccccc34)cc2)cc1.c1ccc(-c2cc(-c3ccccc3)c3c(c2)c2cc(-c4nc(-c5ccccc5)nc(-c5ccccc5)n4)ccc2n3-c2ccc(-c3cccc4c3sc3ccccc34)cc2)cc1. The fourth-order valence-corrected chi connectivity index (χ4v) is 19.0. The molecule has 0 aliphatic heterocycles. The van der Waals surface area contributed by atoms with E-state index in [2.05, 4.69) is 337 Å². The Labute approximate surface area is 718 Å². The molecule has 580 valence electrons. The first-order valence-electron chi connectivity index (χ1n) is 41.7. The van der Waals surface area contributed by atoms with Crippen LogP contribution in [0.3, 0.4) is 0 Å². The molecule has 0 aliphatic rings. The van der Waals surface area contributed by atoms with Crippen molar-refractivity contribution in [3.63, 3.8) is 0 Å². The number of para-hydroxylation sites is 2. The minimum absolute atomic E-state index is 0.618. The summed E-state index contributed by atoms with van der Waals surface area (Å²) >= 11 is 1.87. The summed E-state index contributed by atoms with van der Waals surface area (Å²) in [6, 6.07) is 154. The van der Waals surface area contributed by atoms with Crippen LogP contribution in [0.25, 0.3) is 232 Å². The molecule has 24 aromatic rings.